The van der Waals surface area contributed by atoms with Crippen LogP contribution < -0.4 is 11.1 Å². The molecule has 5 nitrogen and oxygen atoms in total. The first-order valence-electron chi connectivity index (χ1n) is 7.43. The van der Waals surface area contributed by atoms with E-state index in [2.05, 4.69) is 15.4 Å². The van der Waals surface area contributed by atoms with Crippen LogP contribution in [0.5, 0.6) is 0 Å². The molecule has 0 saturated carbocycles. The van der Waals surface area contributed by atoms with Gasteiger partial charge in [-0.2, -0.15) is 5.10 Å². The van der Waals surface area contributed by atoms with Crippen LogP contribution in [0.3, 0.4) is 0 Å². The Kier molecular flexibility index (Phi) is 6.36. The van der Waals surface area contributed by atoms with Gasteiger partial charge in [-0.25, -0.2) is 9.67 Å². The van der Waals surface area contributed by atoms with Gasteiger partial charge in [-0.3, -0.25) is 0 Å². The van der Waals surface area contributed by atoms with E-state index >= 15 is 0 Å². The molecule has 3 aromatic rings. The van der Waals surface area contributed by atoms with Crippen molar-refractivity contribution in [3.05, 3.63) is 78.1 Å². The van der Waals surface area contributed by atoms with E-state index in [0.717, 1.165) is 16.9 Å². The summed E-state index contributed by atoms with van der Waals surface area (Å²) in [6, 6.07) is 18.0. The number of nitrogens with zero attached hydrogens (tertiary/aromatic N) is 3. The lowest BCUT2D eigenvalue weighted by Gasteiger charge is -2.06. The Morgan fingerprint density at radius 1 is 1.12 bits per heavy atom. The zero-order valence-electron chi connectivity index (χ0n) is 13.4. The summed E-state index contributed by atoms with van der Waals surface area (Å²) in [5.41, 5.74) is 10.2. The average Bonchev–Trinajstić information content (AvgIpc) is 3.10. The number of nitrogens with one attached hydrogen (secondary N) is 1. The summed E-state index contributed by atoms with van der Waals surface area (Å²) in [6.45, 7) is 2.58. The number of guanidine groups is 1. The molecule has 6 heteroatoms. The number of nitrogens with two attached hydrogens (primary N) is 1. The first-order chi connectivity index (χ1) is 11.2. The Morgan fingerprint density at radius 3 is 2.46 bits per heavy atom. The number of benzene rings is 2. The van der Waals surface area contributed by atoms with E-state index in [-0.39, 0.29) is 24.0 Å². The average molecular weight is 433 g/mol. The Morgan fingerprint density at radius 2 is 1.83 bits per heavy atom. The summed E-state index contributed by atoms with van der Waals surface area (Å²) >= 11 is 0. The molecule has 0 fully saturated rings. The molecule has 0 unspecified atom stereocenters. The summed E-state index contributed by atoms with van der Waals surface area (Å²) in [7, 11) is 0. The summed E-state index contributed by atoms with van der Waals surface area (Å²) < 4.78 is 1.82. The third-order valence-corrected chi connectivity index (χ3v) is 3.46. The van der Waals surface area contributed by atoms with Crippen molar-refractivity contribution in [1.82, 2.24) is 9.78 Å². The molecule has 0 amide bonds. The number of hydrogen-bond donors (Lipinski definition) is 2. The number of aromatic nitrogens is 2. The van der Waals surface area contributed by atoms with Gasteiger partial charge in [0, 0.05) is 18.1 Å². The summed E-state index contributed by atoms with van der Waals surface area (Å²) in [4.78, 5) is 4.37. The lowest BCUT2D eigenvalue weighted by Crippen LogP contribution is -2.22. The van der Waals surface area contributed by atoms with Gasteiger partial charge in [0.15, 0.2) is 5.96 Å². The highest BCUT2D eigenvalue weighted by Gasteiger charge is 1.98. The van der Waals surface area contributed by atoms with E-state index < -0.39 is 0 Å². The van der Waals surface area contributed by atoms with E-state index in [1.807, 2.05) is 72.4 Å². The van der Waals surface area contributed by atoms with Gasteiger partial charge < -0.3 is 11.1 Å². The molecule has 1 aromatic heterocycles. The molecule has 0 bridgehead atoms. The van der Waals surface area contributed by atoms with Crippen LogP contribution in [-0.2, 0) is 6.54 Å². The molecule has 0 spiro atoms. The number of rotatable bonds is 4. The number of aliphatic imine (C=N–C) groups is 1. The van der Waals surface area contributed by atoms with E-state index in [1.54, 1.807) is 6.20 Å². The molecule has 2 aromatic carbocycles. The van der Waals surface area contributed by atoms with Crippen LogP contribution in [0.1, 0.15) is 11.1 Å². The largest absolute Gasteiger partial charge is 0.370 e. The van der Waals surface area contributed by atoms with Crippen LogP contribution in [0.4, 0.5) is 5.69 Å². The van der Waals surface area contributed by atoms with Crippen molar-refractivity contribution in [2.75, 3.05) is 5.32 Å². The second kappa shape index (κ2) is 8.49. The fraction of sp³-hybridized carbons (Fsp3) is 0.111. The van der Waals surface area contributed by atoms with Gasteiger partial charge >= 0.3 is 0 Å². The zero-order chi connectivity index (χ0) is 16.1. The second-order valence-corrected chi connectivity index (χ2v) is 5.31. The van der Waals surface area contributed by atoms with Crippen molar-refractivity contribution in [3.63, 3.8) is 0 Å². The van der Waals surface area contributed by atoms with Gasteiger partial charge in [0.25, 0.3) is 0 Å². The normalized spacial score (nSPS) is 11.0. The standard InChI is InChI=1S/C18H19N5.HI/c1-14-3-7-16(8-4-14)22-18(19)20-13-15-5-9-17(10-6-15)23-12-2-11-21-23;/h2-12H,13H2,1H3,(H3,19,20,22);1H. The van der Waals surface area contributed by atoms with E-state index in [1.165, 1.54) is 5.56 Å². The van der Waals surface area contributed by atoms with Crippen molar-refractivity contribution in [2.45, 2.75) is 13.5 Å². The fourth-order valence-corrected chi connectivity index (χ4v) is 2.18. The monoisotopic (exact) mass is 433 g/mol. The minimum Gasteiger partial charge on any atom is -0.370 e. The van der Waals surface area contributed by atoms with E-state index in [0.29, 0.717) is 12.5 Å². The number of halogens is 1. The first kappa shape index (κ1) is 18.0. The maximum atomic E-state index is 5.92. The van der Waals surface area contributed by atoms with Crippen LogP contribution in [0.2, 0.25) is 0 Å². The molecule has 0 atom stereocenters. The predicted octanol–water partition coefficient (Wildman–Crippen LogP) is 3.73. The number of hydrogen-bond acceptors (Lipinski definition) is 2. The molecule has 0 saturated heterocycles. The minimum absolute atomic E-state index is 0. The SMILES string of the molecule is Cc1ccc(NC(N)=NCc2ccc(-n3cccn3)cc2)cc1.I. The maximum Gasteiger partial charge on any atom is 0.193 e. The molecule has 3 rings (SSSR count). The highest BCUT2D eigenvalue weighted by molar-refractivity contribution is 14.0. The first-order valence-corrected chi connectivity index (χ1v) is 7.43. The maximum absolute atomic E-state index is 5.92. The zero-order valence-corrected chi connectivity index (χ0v) is 15.7. The topological polar surface area (TPSA) is 68.2 Å². The number of aryl methyl sites for hydroxylation is 1. The molecule has 1 heterocycles. The lowest BCUT2D eigenvalue weighted by molar-refractivity contribution is 0.878. The smallest absolute Gasteiger partial charge is 0.193 e. The molecule has 3 N–H and O–H groups in total. The van der Waals surface area contributed by atoms with Gasteiger partial charge in [0.05, 0.1) is 12.2 Å². The Bertz CT molecular complexity index is 777. The van der Waals surface area contributed by atoms with E-state index in [9.17, 15) is 0 Å². The van der Waals surface area contributed by atoms with Crippen molar-refractivity contribution >= 4 is 35.6 Å². The molecule has 0 aliphatic heterocycles. The van der Waals surface area contributed by atoms with Crippen molar-refractivity contribution in [2.24, 2.45) is 10.7 Å². The van der Waals surface area contributed by atoms with Crippen LogP contribution in [0.15, 0.2) is 72.0 Å². The van der Waals surface area contributed by atoms with Crippen LogP contribution in [0, 0.1) is 6.92 Å². The molecule has 0 aliphatic carbocycles. The summed E-state index contributed by atoms with van der Waals surface area (Å²) in [5.74, 6) is 0.407. The highest BCUT2D eigenvalue weighted by atomic mass is 127. The molecular weight excluding hydrogens is 413 g/mol. The molecule has 0 radical (unpaired) electrons. The second-order valence-electron chi connectivity index (χ2n) is 5.31. The van der Waals surface area contributed by atoms with Crippen molar-refractivity contribution < 1.29 is 0 Å². The minimum atomic E-state index is 0. The van der Waals surface area contributed by atoms with Crippen molar-refractivity contribution in [1.29, 1.82) is 0 Å². The van der Waals surface area contributed by atoms with Gasteiger partial charge in [0.1, 0.15) is 0 Å². The summed E-state index contributed by atoms with van der Waals surface area (Å²) in [6.07, 6.45) is 3.67. The Labute approximate surface area is 158 Å². The summed E-state index contributed by atoms with van der Waals surface area (Å²) in [5, 5.41) is 7.29. The third-order valence-electron chi connectivity index (χ3n) is 3.46. The molecule has 0 aliphatic rings. The van der Waals surface area contributed by atoms with Gasteiger partial charge in [-0.15, -0.1) is 24.0 Å². The van der Waals surface area contributed by atoms with Crippen molar-refractivity contribution in [3.8, 4) is 5.69 Å². The van der Waals surface area contributed by atoms with Crippen LogP contribution in [-0.4, -0.2) is 15.7 Å². The van der Waals surface area contributed by atoms with Crippen LogP contribution >= 0.6 is 24.0 Å². The molecule has 124 valence electrons. The quantitative estimate of drug-likeness (QED) is 0.375. The van der Waals surface area contributed by atoms with Gasteiger partial charge in [-0.05, 0) is 42.8 Å². The van der Waals surface area contributed by atoms with E-state index in [4.69, 9.17) is 5.73 Å². The fourth-order valence-electron chi connectivity index (χ4n) is 2.18. The molecular formula is C18H20IN5. The van der Waals surface area contributed by atoms with Gasteiger partial charge in [-0.1, -0.05) is 29.8 Å². The third kappa shape index (κ3) is 4.82. The van der Waals surface area contributed by atoms with Gasteiger partial charge in [0.2, 0.25) is 0 Å². The molecule has 24 heavy (non-hydrogen) atoms. The van der Waals surface area contributed by atoms with Crippen LogP contribution in [0.25, 0.3) is 5.69 Å². The Balaban J connectivity index is 0.00000208. The Hall–Kier alpha value is -2.35. The number of anilines is 1. The lowest BCUT2D eigenvalue weighted by atomic mass is 10.2. The predicted molar refractivity (Wildman–Crippen MR) is 109 cm³/mol. The highest BCUT2D eigenvalue weighted by Crippen LogP contribution is 2.10.